The number of nitrogens with two attached hydrogens (primary N) is 1. The van der Waals surface area contributed by atoms with Crippen LogP contribution in [0.3, 0.4) is 0 Å². The third-order valence-corrected chi connectivity index (χ3v) is 5.25. The molecular weight excluding hydrogens is 506 g/mol. The van der Waals surface area contributed by atoms with Crippen molar-refractivity contribution in [3.63, 3.8) is 0 Å². The normalized spacial score (nSPS) is 14.4. The fourth-order valence-corrected chi connectivity index (χ4v) is 3.68. The standard InChI is InChI=1S/C25H26ClN3O8/c1-4-8-36-18-7-6-15(12-19(18)34-3)29-24(32)16(23(31)28-25(29)33)9-14-10-17(26)22(37-13-21(27)30)20(11-14)35-5-2/h6-7,9-12H,4-5,8,13H2,1-3H3,(H2,27,30)(H,28,31,33)/b16-9+. The van der Waals surface area contributed by atoms with E-state index in [9.17, 15) is 19.2 Å². The summed E-state index contributed by atoms with van der Waals surface area (Å²) < 4.78 is 21.8. The lowest BCUT2D eigenvalue weighted by Crippen LogP contribution is -2.54. The molecule has 196 valence electrons. The van der Waals surface area contributed by atoms with E-state index in [0.29, 0.717) is 23.7 Å². The number of hydrogen-bond donors (Lipinski definition) is 2. The number of hydrogen-bond acceptors (Lipinski definition) is 8. The van der Waals surface area contributed by atoms with Gasteiger partial charge in [0.25, 0.3) is 17.7 Å². The van der Waals surface area contributed by atoms with Gasteiger partial charge in [0.2, 0.25) is 0 Å². The Morgan fingerprint density at radius 2 is 1.81 bits per heavy atom. The summed E-state index contributed by atoms with van der Waals surface area (Å²) in [6.07, 6.45) is 2.04. The molecule has 1 fully saturated rings. The Balaban J connectivity index is 1.99. The van der Waals surface area contributed by atoms with E-state index in [0.717, 1.165) is 11.3 Å². The summed E-state index contributed by atoms with van der Waals surface area (Å²) in [6.45, 7) is 3.95. The number of methoxy groups -OCH3 is 1. The van der Waals surface area contributed by atoms with Gasteiger partial charge in [0, 0.05) is 6.07 Å². The molecule has 2 aromatic carbocycles. The van der Waals surface area contributed by atoms with Crippen LogP contribution in [0.25, 0.3) is 6.08 Å². The Kier molecular flexibility index (Phi) is 8.96. The van der Waals surface area contributed by atoms with Crippen LogP contribution in [0.5, 0.6) is 23.0 Å². The van der Waals surface area contributed by atoms with Crippen molar-refractivity contribution in [1.82, 2.24) is 5.32 Å². The lowest BCUT2D eigenvalue weighted by atomic mass is 10.1. The van der Waals surface area contributed by atoms with Crippen molar-refractivity contribution in [3.05, 3.63) is 46.5 Å². The monoisotopic (exact) mass is 531 g/mol. The van der Waals surface area contributed by atoms with Gasteiger partial charge in [0.05, 0.1) is 31.0 Å². The van der Waals surface area contributed by atoms with Crippen molar-refractivity contribution >= 4 is 47.1 Å². The molecule has 3 N–H and O–H groups in total. The van der Waals surface area contributed by atoms with Gasteiger partial charge in [0.15, 0.2) is 29.6 Å². The molecule has 0 atom stereocenters. The SMILES string of the molecule is CCCOc1ccc(N2C(=O)NC(=O)/C(=C\c3cc(Cl)c(OCC(N)=O)c(OCC)c3)C2=O)cc1OC. The van der Waals surface area contributed by atoms with Gasteiger partial charge >= 0.3 is 6.03 Å². The number of carbonyl (C=O) groups excluding carboxylic acids is 4. The zero-order valence-corrected chi connectivity index (χ0v) is 21.2. The Morgan fingerprint density at radius 1 is 1.05 bits per heavy atom. The number of benzene rings is 2. The maximum atomic E-state index is 13.3. The lowest BCUT2D eigenvalue weighted by molar-refractivity contribution is -0.123. The average Bonchev–Trinajstić information content (AvgIpc) is 2.85. The molecule has 0 bridgehead atoms. The molecule has 1 aliphatic heterocycles. The molecule has 0 saturated carbocycles. The van der Waals surface area contributed by atoms with Crippen molar-refractivity contribution in [2.75, 3.05) is 31.8 Å². The maximum Gasteiger partial charge on any atom is 0.335 e. The van der Waals surface area contributed by atoms with E-state index in [1.54, 1.807) is 13.0 Å². The van der Waals surface area contributed by atoms with Gasteiger partial charge in [-0.25, -0.2) is 9.69 Å². The number of anilines is 1. The number of carbonyl (C=O) groups is 4. The Bertz CT molecular complexity index is 1260. The van der Waals surface area contributed by atoms with E-state index in [2.05, 4.69) is 5.32 Å². The number of amides is 5. The van der Waals surface area contributed by atoms with Gasteiger partial charge in [-0.2, -0.15) is 0 Å². The summed E-state index contributed by atoms with van der Waals surface area (Å²) in [5.74, 6) is -1.44. The molecule has 3 rings (SSSR count). The second kappa shape index (κ2) is 12.1. The minimum atomic E-state index is -0.917. The molecule has 5 amide bonds. The molecule has 0 radical (unpaired) electrons. The molecule has 2 aromatic rings. The smallest absolute Gasteiger partial charge is 0.335 e. The van der Waals surface area contributed by atoms with Crippen LogP contribution in [0.2, 0.25) is 5.02 Å². The highest BCUT2D eigenvalue weighted by Crippen LogP contribution is 2.38. The van der Waals surface area contributed by atoms with Crippen LogP contribution in [0.4, 0.5) is 10.5 Å². The Hall–Kier alpha value is -4.25. The number of primary amides is 1. The van der Waals surface area contributed by atoms with Gasteiger partial charge in [-0.05, 0) is 49.2 Å². The molecule has 1 saturated heterocycles. The summed E-state index contributed by atoms with van der Waals surface area (Å²) in [7, 11) is 1.43. The summed E-state index contributed by atoms with van der Waals surface area (Å²) in [5.41, 5.74) is 5.29. The molecule has 0 unspecified atom stereocenters. The van der Waals surface area contributed by atoms with Crippen LogP contribution >= 0.6 is 11.6 Å². The van der Waals surface area contributed by atoms with Crippen molar-refractivity contribution in [2.24, 2.45) is 5.73 Å². The van der Waals surface area contributed by atoms with E-state index >= 15 is 0 Å². The largest absolute Gasteiger partial charge is 0.493 e. The molecule has 0 aromatic heterocycles. The van der Waals surface area contributed by atoms with E-state index in [-0.39, 0.29) is 34.4 Å². The number of halogens is 1. The van der Waals surface area contributed by atoms with Crippen molar-refractivity contribution in [3.8, 4) is 23.0 Å². The quantitative estimate of drug-likeness (QED) is 0.332. The zero-order valence-electron chi connectivity index (χ0n) is 20.5. The number of rotatable bonds is 11. The van der Waals surface area contributed by atoms with Gasteiger partial charge in [-0.15, -0.1) is 0 Å². The van der Waals surface area contributed by atoms with Crippen LogP contribution < -0.4 is 34.9 Å². The predicted molar refractivity (Wildman–Crippen MR) is 135 cm³/mol. The van der Waals surface area contributed by atoms with Crippen LogP contribution in [0.1, 0.15) is 25.8 Å². The van der Waals surface area contributed by atoms with E-state index in [1.807, 2.05) is 6.92 Å². The average molecular weight is 532 g/mol. The number of barbiturate groups is 1. The number of imide groups is 2. The number of urea groups is 1. The van der Waals surface area contributed by atoms with Gasteiger partial charge < -0.3 is 24.7 Å². The third-order valence-electron chi connectivity index (χ3n) is 4.97. The first-order valence-electron chi connectivity index (χ1n) is 11.3. The summed E-state index contributed by atoms with van der Waals surface area (Å²) in [4.78, 5) is 50.4. The molecule has 1 heterocycles. The molecule has 1 aliphatic rings. The minimum Gasteiger partial charge on any atom is -0.493 e. The maximum absolute atomic E-state index is 13.3. The van der Waals surface area contributed by atoms with Crippen LogP contribution in [0, 0.1) is 0 Å². The van der Waals surface area contributed by atoms with Crippen LogP contribution in [0.15, 0.2) is 35.9 Å². The van der Waals surface area contributed by atoms with Crippen molar-refractivity contribution in [2.45, 2.75) is 20.3 Å². The van der Waals surface area contributed by atoms with E-state index in [1.165, 1.54) is 37.5 Å². The first-order chi connectivity index (χ1) is 17.7. The van der Waals surface area contributed by atoms with Crippen molar-refractivity contribution in [1.29, 1.82) is 0 Å². The number of ether oxygens (including phenoxy) is 4. The first-order valence-corrected chi connectivity index (χ1v) is 11.7. The summed E-state index contributed by atoms with van der Waals surface area (Å²) >= 11 is 6.31. The van der Waals surface area contributed by atoms with Crippen molar-refractivity contribution < 1.29 is 38.1 Å². The molecule has 37 heavy (non-hydrogen) atoms. The van der Waals surface area contributed by atoms with Gasteiger partial charge in [0.1, 0.15) is 5.57 Å². The molecule has 0 spiro atoms. The zero-order chi connectivity index (χ0) is 27.1. The fraction of sp³-hybridized carbons (Fsp3) is 0.280. The fourth-order valence-electron chi connectivity index (χ4n) is 3.40. The highest BCUT2D eigenvalue weighted by Gasteiger charge is 2.37. The lowest BCUT2D eigenvalue weighted by Gasteiger charge is -2.27. The summed E-state index contributed by atoms with van der Waals surface area (Å²) in [5, 5.41) is 2.22. The van der Waals surface area contributed by atoms with E-state index in [4.69, 9.17) is 36.3 Å². The van der Waals surface area contributed by atoms with Gasteiger partial charge in [-0.3, -0.25) is 19.7 Å². The number of nitrogens with zero attached hydrogens (tertiary/aromatic N) is 1. The molecule has 11 nitrogen and oxygen atoms in total. The Labute approximate surface area is 218 Å². The van der Waals surface area contributed by atoms with E-state index < -0.39 is 30.4 Å². The predicted octanol–water partition coefficient (Wildman–Crippen LogP) is 3.07. The minimum absolute atomic E-state index is 0.0584. The first kappa shape index (κ1) is 27.3. The van der Waals surface area contributed by atoms with Crippen LogP contribution in [-0.2, 0) is 14.4 Å². The highest BCUT2D eigenvalue weighted by molar-refractivity contribution is 6.39. The topological polar surface area (TPSA) is 146 Å². The second-order valence-corrected chi connectivity index (χ2v) is 8.07. The van der Waals surface area contributed by atoms with Crippen LogP contribution in [-0.4, -0.2) is 50.7 Å². The van der Waals surface area contributed by atoms with Gasteiger partial charge in [-0.1, -0.05) is 18.5 Å². The Morgan fingerprint density at radius 3 is 2.46 bits per heavy atom. The summed E-state index contributed by atoms with van der Waals surface area (Å²) in [6, 6.07) is 6.52. The molecular formula is C25H26ClN3O8. The number of nitrogens with one attached hydrogen (secondary N) is 1. The highest BCUT2D eigenvalue weighted by atomic mass is 35.5. The second-order valence-electron chi connectivity index (χ2n) is 7.66. The molecule has 0 aliphatic carbocycles. The third kappa shape index (κ3) is 6.31. The molecule has 12 heteroatoms.